The molecule has 2 atom stereocenters. The Bertz CT molecular complexity index is 867. The van der Waals surface area contributed by atoms with Crippen LogP contribution in [0.1, 0.15) is 38.2 Å². The predicted octanol–water partition coefficient (Wildman–Crippen LogP) is 4.51. The maximum Gasteiger partial charge on any atom is 0.272 e. The van der Waals surface area contributed by atoms with Gasteiger partial charge in [0.25, 0.3) is 6.43 Å². The highest BCUT2D eigenvalue weighted by Gasteiger charge is 2.28. The molecular formula is C21H24ClF2N3O3. The Hall–Kier alpha value is -2.48. The molecule has 0 saturated carbocycles. The van der Waals surface area contributed by atoms with Crippen molar-refractivity contribution in [2.24, 2.45) is 0 Å². The number of alkyl halides is 2. The van der Waals surface area contributed by atoms with Crippen molar-refractivity contribution in [3.63, 3.8) is 0 Å². The molecular weight excluding hydrogens is 416 g/mol. The lowest BCUT2D eigenvalue weighted by Gasteiger charge is -2.20. The first-order chi connectivity index (χ1) is 14.3. The molecule has 1 saturated heterocycles. The number of ketones is 1. The number of aromatic nitrogens is 2. The maximum absolute atomic E-state index is 12.4. The summed E-state index contributed by atoms with van der Waals surface area (Å²) in [6, 6.07) is 7.76. The molecule has 6 nitrogen and oxygen atoms in total. The van der Waals surface area contributed by atoms with Gasteiger partial charge in [0.1, 0.15) is 29.0 Å². The van der Waals surface area contributed by atoms with E-state index in [0.29, 0.717) is 25.3 Å². The van der Waals surface area contributed by atoms with Crippen molar-refractivity contribution in [2.75, 3.05) is 24.6 Å². The van der Waals surface area contributed by atoms with E-state index in [0.717, 1.165) is 17.7 Å². The van der Waals surface area contributed by atoms with E-state index in [1.54, 1.807) is 6.92 Å². The van der Waals surface area contributed by atoms with E-state index in [4.69, 9.17) is 21.1 Å². The minimum Gasteiger partial charge on any atom is -0.489 e. The zero-order valence-electron chi connectivity index (χ0n) is 16.9. The fourth-order valence-electron chi connectivity index (χ4n) is 3.44. The molecule has 0 N–H and O–H groups in total. The normalized spacial score (nSPS) is 17.3. The number of halogens is 3. The van der Waals surface area contributed by atoms with Crippen LogP contribution in [-0.4, -0.2) is 48.0 Å². The van der Waals surface area contributed by atoms with E-state index in [2.05, 4.69) is 9.97 Å². The Labute approximate surface area is 179 Å². The topological polar surface area (TPSA) is 64.5 Å². The van der Waals surface area contributed by atoms with Crippen LogP contribution in [0.15, 0.2) is 30.6 Å². The van der Waals surface area contributed by atoms with E-state index in [-0.39, 0.29) is 28.7 Å². The Morgan fingerprint density at radius 1 is 1.30 bits per heavy atom. The first kappa shape index (κ1) is 22.2. The summed E-state index contributed by atoms with van der Waals surface area (Å²) in [4.78, 5) is 21.2. The van der Waals surface area contributed by atoms with Crippen molar-refractivity contribution >= 4 is 23.2 Å². The molecule has 2 aromatic rings. The van der Waals surface area contributed by atoms with Crippen LogP contribution >= 0.6 is 11.6 Å². The lowest BCUT2D eigenvalue weighted by molar-refractivity contribution is -0.117. The molecule has 1 aliphatic rings. The summed E-state index contributed by atoms with van der Waals surface area (Å²) in [5, 5.41) is 0.114. The highest BCUT2D eigenvalue weighted by molar-refractivity contribution is 6.34. The number of carbonyl (C=O) groups excluding carboxylic acids is 1. The van der Waals surface area contributed by atoms with Gasteiger partial charge in [0, 0.05) is 19.4 Å². The molecule has 0 bridgehead atoms. The summed E-state index contributed by atoms with van der Waals surface area (Å²) in [5.74, 6) is 1.47. The van der Waals surface area contributed by atoms with Gasteiger partial charge in [0.2, 0.25) is 5.88 Å². The van der Waals surface area contributed by atoms with Crippen molar-refractivity contribution in [3.8, 4) is 11.6 Å². The molecule has 0 aliphatic carbocycles. The molecule has 1 aliphatic heterocycles. The molecule has 162 valence electrons. The van der Waals surface area contributed by atoms with Crippen LogP contribution in [0, 0.1) is 0 Å². The van der Waals surface area contributed by atoms with Gasteiger partial charge in [-0.15, -0.1) is 0 Å². The van der Waals surface area contributed by atoms with Crippen molar-refractivity contribution < 1.29 is 23.0 Å². The van der Waals surface area contributed by atoms with Crippen LogP contribution in [0.25, 0.3) is 0 Å². The molecule has 0 radical (unpaired) electrons. The highest BCUT2D eigenvalue weighted by atomic mass is 35.5. The van der Waals surface area contributed by atoms with Gasteiger partial charge in [-0.05, 0) is 30.5 Å². The number of Topliss-reactive ketones (excluding diaryl/α,β-unsaturated/α-hetero) is 1. The van der Waals surface area contributed by atoms with Crippen LogP contribution in [0.4, 0.5) is 14.6 Å². The number of benzene rings is 1. The molecule has 1 aromatic carbocycles. The second kappa shape index (κ2) is 10.0. The van der Waals surface area contributed by atoms with Crippen molar-refractivity contribution in [1.29, 1.82) is 0 Å². The van der Waals surface area contributed by atoms with E-state index in [1.807, 2.05) is 36.1 Å². The molecule has 1 fully saturated rings. The van der Waals surface area contributed by atoms with E-state index >= 15 is 0 Å². The number of carbonyl (C=O) groups is 1. The summed E-state index contributed by atoms with van der Waals surface area (Å²) in [6.07, 6.45) is -0.156. The number of anilines is 1. The molecule has 1 aromatic heterocycles. The van der Waals surface area contributed by atoms with Gasteiger partial charge in [-0.25, -0.2) is 18.7 Å². The third kappa shape index (κ3) is 5.78. The zero-order chi connectivity index (χ0) is 21.7. The van der Waals surface area contributed by atoms with Crippen LogP contribution < -0.4 is 14.4 Å². The van der Waals surface area contributed by atoms with Gasteiger partial charge >= 0.3 is 0 Å². The lowest BCUT2D eigenvalue weighted by Crippen LogP contribution is -2.25. The van der Waals surface area contributed by atoms with Crippen molar-refractivity contribution in [1.82, 2.24) is 9.97 Å². The number of rotatable bonds is 9. The summed E-state index contributed by atoms with van der Waals surface area (Å²) < 4.78 is 35.8. The van der Waals surface area contributed by atoms with Gasteiger partial charge in [-0.3, -0.25) is 0 Å². The third-order valence-corrected chi connectivity index (χ3v) is 5.21. The summed E-state index contributed by atoms with van der Waals surface area (Å²) in [7, 11) is 0. The van der Waals surface area contributed by atoms with Crippen molar-refractivity contribution in [3.05, 3.63) is 41.2 Å². The average molecular weight is 440 g/mol. The largest absolute Gasteiger partial charge is 0.489 e. The number of hydrogen-bond acceptors (Lipinski definition) is 6. The van der Waals surface area contributed by atoms with Crippen molar-refractivity contribution in [2.45, 2.75) is 45.1 Å². The number of ether oxygens (including phenoxy) is 2. The average Bonchev–Trinajstić information content (AvgIpc) is 3.15. The van der Waals surface area contributed by atoms with E-state index in [9.17, 15) is 13.6 Å². The summed E-state index contributed by atoms with van der Waals surface area (Å²) >= 11 is 6.26. The highest BCUT2D eigenvalue weighted by Crippen LogP contribution is 2.33. The smallest absolute Gasteiger partial charge is 0.272 e. The maximum atomic E-state index is 12.4. The second-order valence-corrected chi connectivity index (χ2v) is 7.75. The number of hydrogen-bond donors (Lipinski definition) is 0. The van der Waals surface area contributed by atoms with E-state index in [1.165, 1.54) is 6.33 Å². The fourth-order valence-corrected chi connectivity index (χ4v) is 3.71. The molecule has 0 amide bonds. The van der Waals surface area contributed by atoms with Crippen LogP contribution in [0.5, 0.6) is 11.6 Å². The lowest BCUT2D eigenvalue weighted by atomic mass is 9.96. The fraction of sp³-hybridized carbons (Fsp3) is 0.476. The van der Waals surface area contributed by atoms with Crippen LogP contribution in [0.2, 0.25) is 5.02 Å². The third-order valence-electron chi connectivity index (χ3n) is 4.88. The molecule has 0 spiro atoms. The Balaban J connectivity index is 1.59. The SMILES string of the molecule is CC(=O)C[C@@H](C)c1ccc(O[C@@H]2CCN(c3ncnc(OCC(F)F)c3Cl)C2)cc1. The van der Waals surface area contributed by atoms with Crippen LogP contribution in [0.3, 0.4) is 0 Å². The molecule has 3 rings (SSSR count). The van der Waals surface area contributed by atoms with E-state index < -0.39 is 13.0 Å². The minimum atomic E-state index is -2.61. The Kier molecular flexibility index (Phi) is 7.42. The van der Waals surface area contributed by atoms with Gasteiger partial charge in [-0.2, -0.15) is 0 Å². The molecule has 2 heterocycles. The molecule has 0 unspecified atom stereocenters. The first-order valence-corrected chi connectivity index (χ1v) is 10.1. The predicted molar refractivity (Wildman–Crippen MR) is 110 cm³/mol. The van der Waals surface area contributed by atoms with Gasteiger partial charge in [-0.1, -0.05) is 30.7 Å². The zero-order valence-corrected chi connectivity index (χ0v) is 17.6. The first-order valence-electron chi connectivity index (χ1n) is 9.76. The minimum absolute atomic E-state index is 0.0541. The van der Waals surface area contributed by atoms with Crippen LogP contribution in [-0.2, 0) is 4.79 Å². The Morgan fingerprint density at radius 2 is 2.03 bits per heavy atom. The van der Waals surface area contributed by atoms with Gasteiger partial charge < -0.3 is 19.2 Å². The Morgan fingerprint density at radius 3 is 2.70 bits per heavy atom. The number of nitrogens with zero attached hydrogens (tertiary/aromatic N) is 3. The quantitative estimate of drug-likeness (QED) is 0.572. The summed E-state index contributed by atoms with van der Waals surface area (Å²) in [5.41, 5.74) is 1.09. The molecule has 30 heavy (non-hydrogen) atoms. The monoisotopic (exact) mass is 439 g/mol. The van der Waals surface area contributed by atoms with Gasteiger partial charge in [0.05, 0.1) is 6.54 Å². The summed E-state index contributed by atoms with van der Waals surface area (Å²) in [6.45, 7) is 4.05. The second-order valence-electron chi connectivity index (χ2n) is 7.37. The molecule has 9 heteroatoms. The van der Waals surface area contributed by atoms with Gasteiger partial charge in [0.15, 0.2) is 12.4 Å². The standard InChI is InChI=1S/C21H24ClF2N3O3/c1-13(9-14(2)28)15-3-5-16(6-4-15)30-17-7-8-27(10-17)20-19(22)21(26-12-25-20)29-11-18(23)24/h3-6,12-13,17-18H,7-11H2,1-2H3/t13-,17-/m1/s1.